The van der Waals surface area contributed by atoms with Crippen LogP contribution in [0.5, 0.6) is 0 Å². The summed E-state index contributed by atoms with van der Waals surface area (Å²) in [5, 5.41) is 0. The van der Waals surface area contributed by atoms with Crippen molar-refractivity contribution in [1.82, 2.24) is 0 Å². The molecule has 1 aromatic rings. The Hall–Kier alpha value is -0.740. The van der Waals surface area contributed by atoms with E-state index in [1.165, 1.54) is 18.4 Å². The molecule has 0 aromatic heterocycles. The van der Waals surface area contributed by atoms with Crippen LogP contribution in [0.3, 0.4) is 0 Å². The van der Waals surface area contributed by atoms with Gasteiger partial charge in [-0.05, 0) is 30.5 Å². The second-order valence-electron chi connectivity index (χ2n) is 3.67. The number of hydrogen-bond acceptors (Lipinski definition) is 0. The van der Waals surface area contributed by atoms with Gasteiger partial charge < -0.3 is 0 Å². The maximum atomic E-state index is 5.36. The minimum atomic E-state index is 0.329. The molecular formula is C12H11Br. The van der Waals surface area contributed by atoms with Crippen molar-refractivity contribution in [3.63, 3.8) is 0 Å². The van der Waals surface area contributed by atoms with Gasteiger partial charge >= 0.3 is 0 Å². The zero-order valence-electron chi connectivity index (χ0n) is 7.39. The number of hydrogen-bond donors (Lipinski definition) is 0. The third-order valence-electron chi connectivity index (χ3n) is 2.75. The molecule has 13 heavy (non-hydrogen) atoms. The maximum absolute atomic E-state index is 5.36. The maximum Gasteiger partial charge on any atom is 0.0183 e. The topological polar surface area (TPSA) is 0 Å². The first-order valence-electron chi connectivity index (χ1n) is 4.46. The van der Waals surface area contributed by atoms with E-state index < -0.39 is 0 Å². The second-order valence-corrected chi connectivity index (χ2v) is 4.58. The van der Waals surface area contributed by atoms with Gasteiger partial charge in [0.1, 0.15) is 0 Å². The molecule has 0 bridgehead atoms. The van der Waals surface area contributed by atoms with E-state index in [2.05, 4.69) is 46.1 Å². The molecule has 0 amide bonds. The lowest BCUT2D eigenvalue weighted by atomic mass is 9.93. The standard InChI is InChI=1S/C12H11Br/c1-2-7-12(8-9-12)10-3-5-11(13)6-4-10/h1,3-6H,7-9H2. The largest absolute Gasteiger partial charge is 0.120 e. The number of benzene rings is 1. The first-order valence-corrected chi connectivity index (χ1v) is 5.26. The zero-order chi connectivity index (χ0) is 9.31. The molecule has 0 radical (unpaired) electrons. The normalized spacial score (nSPS) is 17.8. The van der Waals surface area contributed by atoms with Gasteiger partial charge in [0.2, 0.25) is 0 Å². The molecule has 2 rings (SSSR count). The molecule has 0 saturated heterocycles. The van der Waals surface area contributed by atoms with E-state index in [0.717, 1.165) is 10.9 Å². The van der Waals surface area contributed by atoms with E-state index in [9.17, 15) is 0 Å². The Balaban J connectivity index is 2.26. The molecule has 0 unspecified atom stereocenters. The summed E-state index contributed by atoms with van der Waals surface area (Å²) in [6, 6.07) is 8.53. The van der Waals surface area contributed by atoms with E-state index >= 15 is 0 Å². The smallest absolute Gasteiger partial charge is 0.0183 e. The van der Waals surface area contributed by atoms with Crippen molar-refractivity contribution in [2.45, 2.75) is 24.7 Å². The van der Waals surface area contributed by atoms with Gasteiger partial charge in [-0.3, -0.25) is 0 Å². The summed E-state index contributed by atoms with van der Waals surface area (Å²) in [5.74, 6) is 2.77. The zero-order valence-corrected chi connectivity index (χ0v) is 8.97. The van der Waals surface area contributed by atoms with Crippen LogP contribution in [0.1, 0.15) is 24.8 Å². The summed E-state index contributed by atoms with van der Waals surface area (Å²) in [4.78, 5) is 0. The van der Waals surface area contributed by atoms with Crippen LogP contribution in [0.15, 0.2) is 28.7 Å². The molecule has 0 heterocycles. The van der Waals surface area contributed by atoms with Crippen LogP contribution in [0, 0.1) is 12.3 Å². The lowest BCUT2D eigenvalue weighted by Crippen LogP contribution is -2.04. The van der Waals surface area contributed by atoms with Crippen LogP contribution in [0.4, 0.5) is 0 Å². The van der Waals surface area contributed by atoms with Gasteiger partial charge in [-0.2, -0.15) is 0 Å². The Morgan fingerprint density at radius 1 is 1.31 bits per heavy atom. The van der Waals surface area contributed by atoms with Gasteiger partial charge in [0.15, 0.2) is 0 Å². The van der Waals surface area contributed by atoms with Crippen LogP contribution in [0.2, 0.25) is 0 Å². The predicted octanol–water partition coefficient (Wildman–Crippen LogP) is 3.50. The fourth-order valence-electron chi connectivity index (χ4n) is 1.72. The Morgan fingerprint density at radius 3 is 2.38 bits per heavy atom. The van der Waals surface area contributed by atoms with E-state index in [0.29, 0.717) is 5.41 Å². The van der Waals surface area contributed by atoms with Crippen LogP contribution >= 0.6 is 15.9 Å². The van der Waals surface area contributed by atoms with E-state index in [1.54, 1.807) is 0 Å². The van der Waals surface area contributed by atoms with Crippen LogP contribution < -0.4 is 0 Å². The van der Waals surface area contributed by atoms with Crippen molar-refractivity contribution >= 4 is 15.9 Å². The monoisotopic (exact) mass is 234 g/mol. The molecular weight excluding hydrogens is 224 g/mol. The summed E-state index contributed by atoms with van der Waals surface area (Å²) in [6.45, 7) is 0. The average Bonchev–Trinajstić information content (AvgIpc) is 2.87. The highest BCUT2D eigenvalue weighted by Crippen LogP contribution is 2.50. The third-order valence-corrected chi connectivity index (χ3v) is 3.28. The van der Waals surface area contributed by atoms with Crippen LogP contribution in [0.25, 0.3) is 0 Å². The van der Waals surface area contributed by atoms with Gasteiger partial charge in [0.05, 0.1) is 0 Å². The van der Waals surface area contributed by atoms with Gasteiger partial charge in [0, 0.05) is 16.3 Å². The molecule has 66 valence electrons. The first kappa shape index (κ1) is 8.84. The molecule has 1 aromatic carbocycles. The van der Waals surface area contributed by atoms with E-state index in [1.807, 2.05) is 0 Å². The molecule has 0 spiro atoms. The van der Waals surface area contributed by atoms with Gasteiger partial charge in [-0.15, -0.1) is 12.3 Å². The molecule has 0 nitrogen and oxygen atoms in total. The highest BCUT2D eigenvalue weighted by atomic mass is 79.9. The van der Waals surface area contributed by atoms with E-state index in [-0.39, 0.29) is 0 Å². The minimum Gasteiger partial charge on any atom is -0.120 e. The highest BCUT2D eigenvalue weighted by molar-refractivity contribution is 9.10. The van der Waals surface area contributed by atoms with Crippen molar-refractivity contribution in [1.29, 1.82) is 0 Å². The van der Waals surface area contributed by atoms with E-state index in [4.69, 9.17) is 6.42 Å². The molecule has 1 saturated carbocycles. The van der Waals surface area contributed by atoms with Gasteiger partial charge in [-0.1, -0.05) is 28.1 Å². The molecule has 0 aliphatic heterocycles. The summed E-state index contributed by atoms with van der Waals surface area (Å²) >= 11 is 3.43. The fraction of sp³-hybridized carbons (Fsp3) is 0.333. The second kappa shape index (κ2) is 3.20. The predicted molar refractivity (Wildman–Crippen MR) is 58.5 cm³/mol. The van der Waals surface area contributed by atoms with Crippen molar-refractivity contribution < 1.29 is 0 Å². The molecule has 1 aliphatic carbocycles. The third kappa shape index (κ3) is 1.64. The van der Waals surface area contributed by atoms with Crippen LogP contribution in [-0.2, 0) is 5.41 Å². The van der Waals surface area contributed by atoms with Gasteiger partial charge in [-0.25, -0.2) is 0 Å². The number of terminal acetylenes is 1. The van der Waals surface area contributed by atoms with Crippen molar-refractivity contribution in [3.05, 3.63) is 34.3 Å². The highest BCUT2D eigenvalue weighted by Gasteiger charge is 2.43. The van der Waals surface area contributed by atoms with Crippen molar-refractivity contribution in [2.24, 2.45) is 0 Å². The molecule has 1 fully saturated rings. The number of halogens is 1. The summed E-state index contributed by atoms with van der Waals surface area (Å²) < 4.78 is 1.13. The first-order chi connectivity index (χ1) is 6.27. The van der Waals surface area contributed by atoms with Crippen molar-refractivity contribution in [3.8, 4) is 12.3 Å². The molecule has 0 N–H and O–H groups in total. The van der Waals surface area contributed by atoms with Crippen molar-refractivity contribution in [2.75, 3.05) is 0 Å². The Kier molecular flexibility index (Phi) is 2.17. The quantitative estimate of drug-likeness (QED) is 0.688. The Morgan fingerprint density at radius 2 is 1.92 bits per heavy atom. The molecule has 1 aliphatic rings. The minimum absolute atomic E-state index is 0.329. The fourth-order valence-corrected chi connectivity index (χ4v) is 1.98. The summed E-state index contributed by atoms with van der Waals surface area (Å²) in [5.41, 5.74) is 1.73. The Bertz CT molecular complexity index is 338. The lowest BCUT2D eigenvalue weighted by Gasteiger charge is -2.11. The SMILES string of the molecule is C#CCC1(c2ccc(Br)cc2)CC1. The van der Waals surface area contributed by atoms with Crippen LogP contribution in [-0.4, -0.2) is 0 Å². The van der Waals surface area contributed by atoms with Gasteiger partial charge in [0.25, 0.3) is 0 Å². The molecule has 1 heteroatoms. The number of rotatable bonds is 2. The average molecular weight is 235 g/mol. The summed E-state index contributed by atoms with van der Waals surface area (Å²) in [7, 11) is 0. The molecule has 0 atom stereocenters. The lowest BCUT2D eigenvalue weighted by molar-refractivity contribution is 0.720. The Labute approximate surface area is 87.5 Å². The summed E-state index contributed by atoms with van der Waals surface area (Å²) in [6.07, 6.45) is 8.74.